The van der Waals surface area contributed by atoms with Gasteiger partial charge in [-0.3, -0.25) is 12.2 Å². The Hall–Kier alpha value is 0.410. The van der Waals surface area contributed by atoms with E-state index in [4.69, 9.17) is 0 Å². The van der Waals surface area contributed by atoms with Gasteiger partial charge in [-0.2, -0.15) is 12.2 Å². The Morgan fingerprint density at radius 2 is 1.00 bits per heavy atom. The molecule has 0 fully saturated rings. The van der Waals surface area contributed by atoms with Crippen LogP contribution in [0.4, 0.5) is 0 Å². The van der Waals surface area contributed by atoms with Crippen molar-refractivity contribution in [2.75, 3.05) is 0 Å². The largest absolute Gasteiger partial charge is 0.269 e. The molecule has 0 saturated carbocycles. The molecule has 0 amide bonds. The fraction of sp³-hybridized carbons (Fsp3) is 0.556. The SMILES string of the molecule is CC(C)(C)C1=[C-]CC=C1.CC(C)(C)C1=[C-]CC=C1.Cl.Cl.[Hf]. The van der Waals surface area contributed by atoms with Gasteiger partial charge in [0, 0.05) is 25.8 Å². The van der Waals surface area contributed by atoms with Gasteiger partial charge in [0.15, 0.2) is 0 Å². The van der Waals surface area contributed by atoms with Gasteiger partial charge in [0.2, 0.25) is 0 Å². The van der Waals surface area contributed by atoms with Gasteiger partial charge in [-0.05, 0) is 10.8 Å². The van der Waals surface area contributed by atoms with Crippen LogP contribution in [-0.4, -0.2) is 0 Å². The van der Waals surface area contributed by atoms with Crippen LogP contribution in [0.15, 0.2) is 35.5 Å². The molecule has 2 rings (SSSR count). The average molecular weight is 494 g/mol. The molecule has 21 heavy (non-hydrogen) atoms. The van der Waals surface area contributed by atoms with Gasteiger partial charge in [0.25, 0.3) is 0 Å². The molecular formula is C18H28Cl2Hf-2. The summed E-state index contributed by atoms with van der Waals surface area (Å²) < 4.78 is 0. The van der Waals surface area contributed by atoms with Crippen LogP contribution in [-0.2, 0) is 25.8 Å². The summed E-state index contributed by atoms with van der Waals surface area (Å²) in [5.41, 5.74) is 3.30. The van der Waals surface area contributed by atoms with Crippen LogP contribution in [0.25, 0.3) is 0 Å². The van der Waals surface area contributed by atoms with E-state index < -0.39 is 0 Å². The molecule has 0 nitrogen and oxygen atoms in total. The molecule has 120 valence electrons. The summed E-state index contributed by atoms with van der Waals surface area (Å²) in [4.78, 5) is 0. The van der Waals surface area contributed by atoms with Gasteiger partial charge in [-0.1, -0.05) is 41.5 Å². The van der Waals surface area contributed by atoms with E-state index in [1.165, 1.54) is 11.1 Å². The van der Waals surface area contributed by atoms with Crippen molar-refractivity contribution in [3.05, 3.63) is 47.6 Å². The second-order valence-electron chi connectivity index (χ2n) is 6.89. The molecule has 0 aromatic carbocycles. The molecular weight excluding hydrogens is 466 g/mol. The number of halogens is 2. The summed E-state index contributed by atoms with van der Waals surface area (Å²) in [5, 5.41) is 0. The van der Waals surface area contributed by atoms with E-state index >= 15 is 0 Å². The Kier molecular flexibility index (Phi) is 13.8. The second-order valence-corrected chi connectivity index (χ2v) is 6.89. The molecule has 0 heterocycles. The molecule has 0 aliphatic heterocycles. The summed E-state index contributed by atoms with van der Waals surface area (Å²) in [6.45, 7) is 13.3. The molecule has 0 N–H and O–H groups in total. The van der Waals surface area contributed by atoms with Crippen molar-refractivity contribution < 1.29 is 25.8 Å². The molecule has 0 unspecified atom stereocenters. The van der Waals surface area contributed by atoms with E-state index in [0.717, 1.165) is 12.8 Å². The molecule has 2 aliphatic carbocycles. The Balaban J connectivity index is -0.000000270. The Morgan fingerprint density at radius 3 is 1.10 bits per heavy atom. The predicted octanol–water partition coefficient (Wildman–Crippen LogP) is 6.29. The van der Waals surface area contributed by atoms with Crippen LogP contribution in [0.3, 0.4) is 0 Å². The third-order valence-electron chi connectivity index (χ3n) is 3.01. The normalized spacial score (nSPS) is 15.7. The fourth-order valence-corrected chi connectivity index (χ4v) is 1.84. The minimum absolute atomic E-state index is 0. The molecule has 0 bridgehead atoms. The standard InChI is InChI=1S/2C9H13.2ClH.Hf/c2*1-9(2,3)8-6-4-5-7-8;;;/h2*4,6H,5H2,1-3H3;2*1H;/q2*-1;;;. The molecule has 3 heteroatoms. The van der Waals surface area contributed by atoms with Crippen molar-refractivity contribution in [3.63, 3.8) is 0 Å². The maximum absolute atomic E-state index is 3.30. The van der Waals surface area contributed by atoms with Gasteiger partial charge < -0.3 is 0 Å². The van der Waals surface area contributed by atoms with Gasteiger partial charge >= 0.3 is 0 Å². The summed E-state index contributed by atoms with van der Waals surface area (Å²) in [7, 11) is 0. The Bertz CT molecular complexity index is 362. The van der Waals surface area contributed by atoms with Gasteiger partial charge in [-0.15, -0.1) is 37.7 Å². The predicted molar refractivity (Wildman–Crippen MR) is 94.4 cm³/mol. The molecule has 0 aromatic heterocycles. The van der Waals surface area contributed by atoms with Gasteiger partial charge in [0.1, 0.15) is 0 Å². The second kappa shape index (κ2) is 11.0. The third-order valence-corrected chi connectivity index (χ3v) is 3.01. The summed E-state index contributed by atoms with van der Waals surface area (Å²) in [6.07, 6.45) is 17.3. The van der Waals surface area contributed by atoms with Crippen LogP contribution >= 0.6 is 24.8 Å². The molecule has 0 aromatic rings. The van der Waals surface area contributed by atoms with E-state index in [1.807, 2.05) is 0 Å². The minimum atomic E-state index is 0. The van der Waals surface area contributed by atoms with Crippen molar-refractivity contribution in [2.24, 2.45) is 10.8 Å². The smallest absolute Gasteiger partial charge is 0 e. The van der Waals surface area contributed by atoms with Crippen LogP contribution < -0.4 is 0 Å². The van der Waals surface area contributed by atoms with E-state index in [1.54, 1.807) is 0 Å². The minimum Gasteiger partial charge on any atom is -0.269 e. The van der Waals surface area contributed by atoms with Crippen LogP contribution in [0, 0.1) is 23.0 Å². The molecule has 0 spiro atoms. The monoisotopic (exact) mass is 494 g/mol. The first-order valence-corrected chi connectivity index (χ1v) is 6.77. The number of allylic oxidation sites excluding steroid dienone is 8. The molecule has 0 atom stereocenters. The van der Waals surface area contributed by atoms with Crippen LogP contribution in [0.5, 0.6) is 0 Å². The van der Waals surface area contributed by atoms with Crippen molar-refractivity contribution in [1.82, 2.24) is 0 Å². The van der Waals surface area contributed by atoms with Crippen molar-refractivity contribution in [3.8, 4) is 0 Å². The first-order valence-electron chi connectivity index (χ1n) is 6.77. The van der Waals surface area contributed by atoms with E-state index in [2.05, 4.69) is 78.0 Å². The maximum Gasteiger partial charge on any atom is 0 e. The number of hydrogen-bond donors (Lipinski definition) is 0. The van der Waals surface area contributed by atoms with E-state index in [-0.39, 0.29) is 50.7 Å². The quantitative estimate of drug-likeness (QED) is 0.275. The Morgan fingerprint density at radius 1 is 0.714 bits per heavy atom. The molecule has 2 aliphatic rings. The van der Waals surface area contributed by atoms with E-state index in [0.29, 0.717) is 10.8 Å². The summed E-state index contributed by atoms with van der Waals surface area (Å²) >= 11 is 0. The van der Waals surface area contributed by atoms with Crippen molar-refractivity contribution in [1.29, 1.82) is 0 Å². The zero-order valence-electron chi connectivity index (χ0n) is 14.0. The third kappa shape index (κ3) is 9.92. The van der Waals surface area contributed by atoms with Crippen LogP contribution in [0.1, 0.15) is 54.4 Å². The van der Waals surface area contributed by atoms with Crippen molar-refractivity contribution >= 4 is 24.8 Å². The topological polar surface area (TPSA) is 0 Å². The fourth-order valence-electron chi connectivity index (χ4n) is 1.84. The molecule has 0 saturated heterocycles. The maximum atomic E-state index is 3.30. The van der Waals surface area contributed by atoms with Gasteiger partial charge in [-0.25, -0.2) is 23.3 Å². The molecule has 0 radical (unpaired) electrons. The zero-order valence-corrected chi connectivity index (χ0v) is 19.3. The first kappa shape index (κ1) is 26.3. The number of hydrogen-bond acceptors (Lipinski definition) is 0. The van der Waals surface area contributed by atoms with Gasteiger partial charge in [0.05, 0.1) is 0 Å². The summed E-state index contributed by atoms with van der Waals surface area (Å²) in [5.74, 6) is 0. The van der Waals surface area contributed by atoms with Crippen LogP contribution in [0.2, 0.25) is 0 Å². The number of rotatable bonds is 0. The average Bonchev–Trinajstić information content (AvgIpc) is 2.91. The summed E-state index contributed by atoms with van der Waals surface area (Å²) in [6, 6.07) is 0. The van der Waals surface area contributed by atoms with Crippen molar-refractivity contribution in [2.45, 2.75) is 54.4 Å². The zero-order chi connectivity index (χ0) is 13.8. The first-order chi connectivity index (χ1) is 8.21. The Labute approximate surface area is 162 Å². The van der Waals surface area contributed by atoms with E-state index in [9.17, 15) is 0 Å².